The number of nitrogens with two attached hydrogens (primary N) is 2. The van der Waals surface area contributed by atoms with Crippen LogP contribution in [-0.2, 0) is 36.7 Å². The maximum absolute atomic E-state index is 16.0. The molecule has 4 aromatic rings. The molecule has 236 valence electrons. The Morgan fingerprint density at radius 3 is 2.41 bits per heavy atom. The summed E-state index contributed by atoms with van der Waals surface area (Å²) in [6.07, 6.45) is -5.49. The molecule has 4 aromatic heterocycles. The first kappa shape index (κ1) is 30.0. The highest BCUT2D eigenvalue weighted by atomic mass is 32.7. The van der Waals surface area contributed by atoms with E-state index in [2.05, 4.69) is 54.4 Å². The number of nitrogen functional groups attached to an aromatic ring is 2. The van der Waals surface area contributed by atoms with Crippen molar-refractivity contribution >= 4 is 72.2 Å². The fourth-order valence-electron chi connectivity index (χ4n) is 5.26. The second-order valence-corrected chi connectivity index (χ2v) is 15.7. The van der Waals surface area contributed by atoms with Gasteiger partial charge in [-0.3, -0.25) is 37.0 Å². The SMILES string of the molecule is Nc1nc2c(ncn2[C@@H]2O[C@@H]3CO[P@@](=O)(S)O[C@@H]4C(F)[C@H](n5cnc6c(N)ncnc65)O[C@@H]4CO[P@@](=O)(S)OC2C3)c(=O)[nH]1. The quantitative estimate of drug-likeness (QED) is 0.148. The van der Waals surface area contributed by atoms with E-state index in [0.717, 1.165) is 0 Å². The summed E-state index contributed by atoms with van der Waals surface area (Å²) >= 11 is 8.16. The van der Waals surface area contributed by atoms with Crippen LogP contribution in [0.4, 0.5) is 16.2 Å². The molecule has 44 heavy (non-hydrogen) atoms. The number of thiol groups is 2. The molecule has 7 rings (SSSR count). The van der Waals surface area contributed by atoms with E-state index in [0.29, 0.717) is 0 Å². The number of hydrogen-bond donors (Lipinski definition) is 5. The second kappa shape index (κ2) is 11.0. The lowest BCUT2D eigenvalue weighted by atomic mass is 10.1. The van der Waals surface area contributed by atoms with Gasteiger partial charge < -0.3 is 20.9 Å². The Bertz CT molecular complexity index is 1910. The van der Waals surface area contributed by atoms with Crippen LogP contribution in [0.1, 0.15) is 18.9 Å². The second-order valence-electron chi connectivity index (χ2n) is 9.99. The van der Waals surface area contributed by atoms with Crippen molar-refractivity contribution in [2.45, 2.75) is 49.5 Å². The topological polar surface area (TPSA) is 249 Å². The molecule has 24 heteroatoms. The zero-order chi connectivity index (χ0) is 31.0. The first-order chi connectivity index (χ1) is 20.9. The highest BCUT2D eigenvalue weighted by molar-refractivity contribution is 8.44. The van der Waals surface area contributed by atoms with Crippen molar-refractivity contribution in [1.29, 1.82) is 0 Å². The number of alkyl halides is 1. The summed E-state index contributed by atoms with van der Waals surface area (Å²) in [6.45, 7) is -9.43. The Hall–Kier alpha value is -2.65. The van der Waals surface area contributed by atoms with Crippen LogP contribution in [0.5, 0.6) is 0 Å². The van der Waals surface area contributed by atoms with Crippen LogP contribution in [0.2, 0.25) is 0 Å². The Morgan fingerprint density at radius 2 is 1.61 bits per heavy atom. The number of aromatic nitrogens is 8. The van der Waals surface area contributed by atoms with E-state index in [1.54, 1.807) is 0 Å². The van der Waals surface area contributed by atoms with Crippen LogP contribution in [0.15, 0.2) is 23.8 Å². The molecule has 0 aliphatic carbocycles. The highest BCUT2D eigenvalue weighted by Crippen LogP contribution is 2.60. The first-order valence-electron chi connectivity index (χ1n) is 12.8. The molecule has 9 atom stereocenters. The lowest BCUT2D eigenvalue weighted by molar-refractivity contribution is -0.0561. The first-order valence-corrected chi connectivity index (χ1v) is 18.2. The predicted molar refractivity (Wildman–Crippen MR) is 154 cm³/mol. The largest absolute Gasteiger partial charge is 0.386 e. The van der Waals surface area contributed by atoms with E-state index in [-0.39, 0.29) is 47.1 Å². The van der Waals surface area contributed by atoms with Gasteiger partial charge in [0.05, 0.1) is 32.0 Å². The maximum atomic E-state index is 16.0. The number of ether oxygens (including phenoxy) is 2. The molecule has 3 saturated heterocycles. The molecular weight excluding hydrogens is 669 g/mol. The smallest absolute Gasteiger partial charge is 0.382 e. The summed E-state index contributed by atoms with van der Waals surface area (Å²) < 4.78 is 79.6. The summed E-state index contributed by atoms with van der Waals surface area (Å²) in [4.78, 5) is 34.9. The van der Waals surface area contributed by atoms with Gasteiger partial charge in [-0.1, -0.05) is 24.5 Å². The molecule has 3 aliphatic heterocycles. The number of hydrogen-bond acceptors (Lipinski definition) is 16. The predicted octanol–water partition coefficient (Wildman–Crippen LogP) is 1.54. The average Bonchev–Trinajstić information content (AvgIpc) is 3.72. The standard InChI is InChI=1S/C20H23FN10O9P2S2/c21-10-13-9(38-19(10)30-5-26-11-14(22)24-4-25-15(11)30)3-36-41(33,43)39-8-1-7(2-35-42(34,44)40-13)37-18(8)31-6-27-12-16(31)28-20(23)29-17(12)32/h4-10,13,18-19H,1-3H2,(H,33,43)(H,34,44)(H2,22,24,25)(H3,23,28,29,32)/t7-,8?,9+,10?,13-,18+,19+,41+,42+/m0/s1. The summed E-state index contributed by atoms with van der Waals surface area (Å²) in [6, 6.07) is 0. The Balaban J connectivity index is 1.19. The zero-order valence-corrected chi connectivity index (χ0v) is 25.6. The minimum absolute atomic E-state index is 0.0283. The lowest BCUT2D eigenvalue weighted by Crippen LogP contribution is -2.33. The number of nitrogens with one attached hydrogen (secondary N) is 1. The third-order valence-corrected chi connectivity index (χ3v) is 10.4. The number of nitrogens with zero attached hydrogens (tertiary/aromatic N) is 7. The minimum atomic E-state index is -4.27. The van der Waals surface area contributed by atoms with Crippen LogP contribution in [0, 0.1) is 0 Å². The van der Waals surface area contributed by atoms with Gasteiger partial charge in [-0.25, -0.2) is 33.5 Å². The number of anilines is 2. The number of halogens is 1. The fourth-order valence-corrected chi connectivity index (χ4v) is 8.25. The Morgan fingerprint density at radius 1 is 0.909 bits per heavy atom. The van der Waals surface area contributed by atoms with Crippen LogP contribution in [-0.4, -0.2) is 82.8 Å². The number of aromatic amines is 1. The molecule has 2 bridgehead atoms. The lowest BCUT2D eigenvalue weighted by Gasteiger charge is -2.26. The molecule has 0 saturated carbocycles. The maximum Gasteiger partial charge on any atom is 0.386 e. The molecule has 3 fully saturated rings. The van der Waals surface area contributed by atoms with E-state index in [4.69, 9.17) is 39.0 Å². The Kier molecular flexibility index (Phi) is 7.51. The third kappa shape index (κ3) is 5.42. The molecule has 7 heterocycles. The van der Waals surface area contributed by atoms with Crippen molar-refractivity contribution < 1.29 is 41.1 Å². The van der Waals surface area contributed by atoms with Gasteiger partial charge in [0.1, 0.15) is 30.2 Å². The molecule has 0 amide bonds. The number of rotatable bonds is 2. The molecule has 0 spiro atoms. The fraction of sp³-hybridized carbons (Fsp3) is 0.500. The minimum Gasteiger partial charge on any atom is -0.382 e. The van der Waals surface area contributed by atoms with Gasteiger partial charge >= 0.3 is 13.6 Å². The van der Waals surface area contributed by atoms with Crippen molar-refractivity contribution in [1.82, 2.24) is 39.0 Å². The Labute approximate surface area is 255 Å². The van der Waals surface area contributed by atoms with Crippen LogP contribution in [0.25, 0.3) is 22.3 Å². The van der Waals surface area contributed by atoms with E-state index in [9.17, 15) is 13.9 Å². The molecule has 5 N–H and O–H groups in total. The summed E-state index contributed by atoms with van der Waals surface area (Å²) in [7, 11) is 0. The summed E-state index contributed by atoms with van der Waals surface area (Å²) in [5, 5.41) is 0. The van der Waals surface area contributed by atoms with Gasteiger partial charge in [0.15, 0.2) is 41.3 Å². The molecule has 19 nitrogen and oxygen atoms in total. The molecule has 0 radical (unpaired) electrons. The summed E-state index contributed by atoms with van der Waals surface area (Å²) in [5.41, 5.74) is 11.4. The van der Waals surface area contributed by atoms with E-state index < -0.39 is 68.8 Å². The van der Waals surface area contributed by atoms with Gasteiger partial charge in [0.25, 0.3) is 5.56 Å². The molecule has 2 unspecified atom stereocenters. The van der Waals surface area contributed by atoms with Crippen LogP contribution >= 0.6 is 38.1 Å². The van der Waals surface area contributed by atoms with Crippen molar-refractivity contribution in [3.8, 4) is 0 Å². The molecular formula is C20H23FN10O9P2S2. The van der Waals surface area contributed by atoms with Gasteiger partial charge in [0.2, 0.25) is 5.95 Å². The van der Waals surface area contributed by atoms with Crippen LogP contribution in [0.3, 0.4) is 0 Å². The monoisotopic (exact) mass is 692 g/mol. The van der Waals surface area contributed by atoms with Crippen molar-refractivity contribution in [2.24, 2.45) is 0 Å². The number of H-pyrrole nitrogens is 1. The summed E-state index contributed by atoms with van der Waals surface area (Å²) in [5.74, 6) is -0.107. The van der Waals surface area contributed by atoms with Gasteiger partial charge in [-0.2, -0.15) is 4.98 Å². The van der Waals surface area contributed by atoms with E-state index in [1.807, 2.05) is 0 Å². The van der Waals surface area contributed by atoms with E-state index >= 15 is 4.39 Å². The van der Waals surface area contributed by atoms with Crippen LogP contribution < -0.4 is 17.0 Å². The molecule has 3 aliphatic rings. The van der Waals surface area contributed by atoms with Crippen molar-refractivity contribution in [3.05, 3.63) is 29.3 Å². The van der Waals surface area contributed by atoms with E-state index in [1.165, 1.54) is 28.1 Å². The third-order valence-electron chi connectivity index (χ3n) is 7.15. The van der Waals surface area contributed by atoms with Gasteiger partial charge in [0, 0.05) is 6.42 Å². The number of imidazole rings is 2. The van der Waals surface area contributed by atoms with Gasteiger partial charge in [-0.15, -0.1) is 0 Å². The average molecular weight is 693 g/mol. The number of fused-ring (bicyclic) bond motifs is 5. The molecule has 0 aromatic carbocycles. The highest BCUT2D eigenvalue weighted by Gasteiger charge is 2.52. The van der Waals surface area contributed by atoms with Crippen molar-refractivity contribution in [2.75, 3.05) is 24.7 Å². The van der Waals surface area contributed by atoms with Gasteiger partial charge in [-0.05, 0) is 0 Å². The zero-order valence-electron chi connectivity index (χ0n) is 22.0. The van der Waals surface area contributed by atoms with Crippen molar-refractivity contribution in [3.63, 3.8) is 0 Å². The normalized spacial score (nSPS) is 36.6.